The molecule has 28 heavy (non-hydrogen) atoms. The Morgan fingerprint density at radius 2 is 1.75 bits per heavy atom. The van der Waals surface area contributed by atoms with E-state index in [-0.39, 0.29) is 12.5 Å². The molecule has 0 spiro atoms. The van der Waals surface area contributed by atoms with Crippen LogP contribution >= 0.6 is 0 Å². The van der Waals surface area contributed by atoms with Crippen LogP contribution in [0.15, 0.2) is 53.1 Å². The molecular weight excluding hydrogens is 374 g/mol. The van der Waals surface area contributed by atoms with Gasteiger partial charge >= 0.3 is 6.09 Å². The predicted octanol–water partition coefficient (Wildman–Crippen LogP) is 4.89. The summed E-state index contributed by atoms with van der Waals surface area (Å²) >= 11 is 0. The molecule has 2 aromatic rings. The molecule has 2 atom stereocenters. The average Bonchev–Trinajstić information content (AvgIpc) is 3.26. The fourth-order valence-electron chi connectivity index (χ4n) is 3.58. The van der Waals surface area contributed by atoms with Crippen LogP contribution < -0.4 is 0 Å². The first-order valence-corrected chi connectivity index (χ1v) is 12.3. The quantitative estimate of drug-likeness (QED) is 0.465. The van der Waals surface area contributed by atoms with Gasteiger partial charge in [0.2, 0.25) is 0 Å². The summed E-state index contributed by atoms with van der Waals surface area (Å²) < 4.78 is 17.3. The molecule has 1 aliphatic rings. The van der Waals surface area contributed by atoms with Crippen LogP contribution in [0.1, 0.15) is 38.1 Å². The second-order valence-corrected chi connectivity index (χ2v) is 11.7. The average molecular weight is 402 g/mol. The zero-order valence-corrected chi connectivity index (χ0v) is 17.6. The van der Waals surface area contributed by atoms with E-state index >= 15 is 0 Å². The van der Waals surface area contributed by atoms with Crippen LogP contribution in [0.2, 0.25) is 18.1 Å². The lowest BCUT2D eigenvalue weighted by molar-refractivity contribution is -0.162. The molecule has 1 saturated heterocycles. The van der Waals surface area contributed by atoms with E-state index in [4.69, 9.17) is 13.6 Å². The van der Waals surface area contributed by atoms with Gasteiger partial charge in [0.15, 0.2) is 14.4 Å². The van der Waals surface area contributed by atoms with Crippen LogP contribution in [0.4, 0.5) is 4.79 Å². The summed E-state index contributed by atoms with van der Waals surface area (Å²) in [5, 5.41) is 0. The number of β-lactam (4-membered cyclic amide) rings is 1. The van der Waals surface area contributed by atoms with Gasteiger partial charge in [-0.1, -0.05) is 51.1 Å². The molecule has 0 N–H and O–H groups in total. The molecule has 1 aliphatic heterocycles. The van der Waals surface area contributed by atoms with Crippen molar-refractivity contribution in [3.63, 3.8) is 0 Å². The molecule has 1 aromatic carbocycles. The van der Waals surface area contributed by atoms with Crippen molar-refractivity contribution in [3.05, 3.63) is 60.1 Å². The molecule has 1 aromatic heterocycles. The SMILES string of the molecule is CC[Si](CC)(CC)O[C@H]1C(=O)N(C(=O)OCc2ccccc2)[C@H]1c1ccco1. The smallest absolute Gasteiger partial charge is 0.417 e. The molecule has 2 amide bonds. The van der Waals surface area contributed by atoms with Crippen LogP contribution in [-0.2, 0) is 20.6 Å². The Balaban J connectivity index is 1.76. The van der Waals surface area contributed by atoms with Gasteiger partial charge in [0.25, 0.3) is 5.91 Å². The molecule has 7 heteroatoms. The number of ether oxygens (including phenoxy) is 1. The highest BCUT2D eigenvalue weighted by atomic mass is 28.4. The predicted molar refractivity (Wildman–Crippen MR) is 107 cm³/mol. The highest BCUT2D eigenvalue weighted by molar-refractivity contribution is 6.73. The Labute approximate surface area is 166 Å². The number of benzene rings is 1. The Morgan fingerprint density at radius 3 is 2.32 bits per heavy atom. The van der Waals surface area contributed by atoms with Crippen molar-refractivity contribution in [3.8, 4) is 0 Å². The van der Waals surface area contributed by atoms with Gasteiger partial charge in [0, 0.05) is 0 Å². The first-order chi connectivity index (χ1) is 13.5. The Bertz CT molecular complexity index is 780. The van der Waals surface area contributed by atoms with E-state index in [0.29, 0.717) is 5.76 Å². The Morgan fingerprint density at radius 1 is 1.07 bits per heavy atom. The lowest BCUT2D eigenvalue weighted by Gasteiger charge is -2.46. The summed E-state index contributed by atoms with van der Waals surface area (Å²) in [4.78, 5) is 26.6. The molecule has 0 unspecified atom stereocenters. The molecule has 6 nitrogen and oxygen atoms in total. The lowest BCUT2D eigenvalue weighted by atomic mass is 9.96. The molecule has 0 aliphatic carbocycles. The summed E-state index contributed by atoms with van der Waals surface area (Å²) in [5.74, 6) is 0.180. The number of nitrogens with zero attached hydrogens (tertiary/aromatic N) is 1. The highest BCUT2D eigenvalue weighted by Gasteiger charge is 2.56. The van der Waals surface area contributed by atoms with Crippen LogP contribution in [0.5, 0.6) is 0 Å². The van der Waals surface area contributed by atoms with E-state index in [9.17, 15) is 9.59 Å². The fourth-order valence-corrected chi connectivity index (χ4v) is 6.34. The number of amides is 2. The number of hydrogen-bond acceptors (Lipinski definition) is 5. The van der Waals surface area contributed by atoms with Crippen molar-refractivity contribution in [2.24, 2.45) is 0 Å². The maximum Gasteiger partial charge on any atom is 0.417 e. The van der Waals surface area contributed by atoms with E-state index in [1.54, 1.807) is 12.1 Å². The standard InChI is InChI=1S/C21H27NO5Si/c1-4-28(5-2,6-3)27-19-18(17-13-10-14-25-17)22(20(19)23)21(24)26-15-16-11-8-7-9-12-16/h7-14,18-19H,4-6,15H2,1-3H3/t18-,19+/m0/s1. The van der Waals surface area contributed by atoms with Gasteiger partial charge < -0.3 is 13.6 Å². The molecular formula is C21H27NO5Si. The highest BCUT2D eigenvalue weighted by Crippen LogP contribution is 2.41. The Kier molecular flexibility index (Phi) is 6.36. The number of carbonyl (C=O) groups excluding carboxylic acids is 2. The van der Waals surface area contributed by atoms with Crippen LogP contribution in [0.25, 0.3) is 0 Å². The van der Waals surface area contributed by atoms with Crippen LogP contribution in [0.3, 0.4) is 0 Å². The first kappa shape index (κ1) is 20.4. The van der Waals surface area contributed by atoms with Gasteiger partial charge in [0.05, 0.1) is 6.26 Å². The van der Waals surface area contributed by atoms with Crippen molar-refractivity contribution in [2.45, 2.75) is 57.7 Å². The van der Waals surface area contributed by atoms with Crippen molar-refractivity contribution in [1.29, 1.82) is 0 Å². The first-order valence-electron chi connectivity index (χ1n) is 9.80. The van der Waals surface area contributed by atoms with Gasteiger partial charge in [-0.25, -0.2) is 9.69 Å². The molecule has 1 fully saturated rings. The normalized spacial score (nSPS) is 19.4. The second-order valence-electron chi connectivity index (χ2n) is 6.99. The van der Waals surface area contributed by atoms with Gasteiger partial charge in [-0.2, -0.15) is 0 Å². The minimum Gasteiger partial charge on any atom is -0.467 e. The van der Waals surface area contributed by atoms with E-state index in [1.165, 1.54) is 6.26 Å². The van der Waals surface area contributed by atoms with Crippen LogP contribution in [-0.4, -0.2) is 31.3 Å². The minimum atomic E-state index is -2.02. The number of carbonyl (C=O) groups is 2. The summed E-state index contributed by atoms with van der Waals surface area (Å²) in [5.41, 5.74) is 0.862. The number of hydrogen-bond donors (Lipinski definition) is 0. The molecule has 0 radical (unpaired) electrons. The molecule has 2 heterocycles. The van der Waals surface area contributed by atoms with E-state index in [0.717, 1.165) is 28.6 Å². The summed E-state index contributed by atoms with van der Waals surface area (Å²) in [6, 6.07) is 15.1. The van der Waals surface area contributed by atoms with Gasteiger partial charge in [0.1, 0.15) is 18.4 Å². The second kappa shape index (κ2) is 8.75. The Hall–Kier alpha value is -2.38. The molecule has 3 rings (SSSR count). The monoisotopic (exact) mass is 401 g/mol. The fraction of sp³-hybridized carbons (Fsp3) is 0.429. The number of likely N-dealkylation sites (tertiary alicyclic amines) is 1. The zero-order chi connectivity index (χ0) is 20.1. The molecule has 0 saturated carbocycles. The summed E-state index contributed by atoms with van der Waals surface area (Å²) in [7, 11) is -2.02. The summed E-state index contributed by atoms with van der Waals surface area (Å²) in [6.07, 6.45) is 0.168. The summed E-state index contributed by atoms with van der Waals surface area (Å²) in [6.45, 7) is 6.43. The maximum atomic E-state index is 12.8. The van der Waals surface area contributed by atoms with Gasteiger partial charge in [-0.05, 0) is 35.8 Å². The van der Waals surface area contributed by atoms with Gasteiger partial charge in [-0.3, -0.25) is 4.79 Å². The van der Waals surface area contributed by atoms with Crippen molar-refractivity contribution < 1.29 is 23.2 Å². The molecule has 150 valence electrons. The van der Waals surface area contributed by atoms with E-state index in [1.807, 2.05) is 30.3 Å². The topological polar surface area (TPSA) is 69.0 Å². The minimum absolute atomic E-state index is 0.109. The molecule has 0 bridgehead atoms. The number of imide groups is 1. The number of furan rings is 1. The van der Waals surface area contributed by atoms with E-state index < -0.39 is 26.6 Å². The number of rotatable bonds is 8. The van der Waals surface area contributed by atoms with E-state index in [2.05, 4.69) is 20.8 Å². The van der Waals surface area contributed by atoms with Crippen molar-refractivity contribution in [1.82, 2.24) is 4.90 Å². The van der Waals surface area contributed by atoms with Crippen molar-refractivity contribution in [2.75, 3.05) is 0 Å². The van der Waals surface area contributed by atoms with Gasteiger partial charge in [-0.15, -0.1) is 0 Å². The lowest BCUT2D eigenvalue weighted by Crippen LogP contribution is -2.64. The maximum absolute atomic E-state index is 12.8. The largest absolute Gasteiger partial charge is 0.467 e. The van der Waals surface area contributed by atoms with Crippen molar-refractivity contribution >= 4 is 20.3 Å². The van der Waals surface area contributed by atoms with Crippen LogP contribution in [0, 0.1) is 0 Å². The third kappa shape index (κ3) is 3.91. The zero-order valence-electron chi connectivity index (χ0n) is 16.6. The third-order valence-electron chi connectivity index (χ3n) is 5.59. The third-order valence-corrected chi connectivity index (χ3v) is 10.2.